The van der Waals surface area contributed by atoms with E-state index in [-0.39, 0.29) is 22.2 Å². The van der Waals surface area contributed by atoms with Gasteiger partial charge in [-0.05, 0) is 124 Å². The molecule has 3 nitrogen and oxygen atoms in total. The van der Waals surface area contributed by atoms with E-state index in [9.17, 15) is 0 Å². The van der Waals surface area contributed by atoms with E-state index >= 15 is 0 Å². The van der Waals surface area contributed by atoms with Crippen molar-refractivity contribution in [3.05, 3.63) is 65.5 Å². The predicted molar refractivity (Wildman–Crippen MR) is 142 cm³/mol. The van der Waals surface area contributed by atoms with Crippen LogP contribution in [-0.4, -0.2) is 27.8 Å². The first-order chi connectivity index (χ1) is 16.7. The van der Waals surface area contributed by atoms with E-state index in [1.807, 2.05) is 12.4 Å². The van der Waals surface area contributed by atoms with Gasteiger partial charge in [-0.1, -0.05) is 31.2 Å². The molecule has 2 aromatic rings. The van der Waals surface area contributed by atoms with Crippen molar-refractivity contribution in [3.8, 4) is 0 Å². The van der Waals surface area contributed by atoms with Crippen LogP contribution in [0.3, 0.4) is 0 Å². The fraction of sp³-hybridized carbons (Fsp3) is 0.594. The van der Waals surface area contributed by atoms with E-state index in [4.69, 9.17) is 4.74 Å². The number of nitrogens with zero attached hydrogens (tertiary/aromatic N) is 1. The molecule has 2 spiro atoms. The third-order valence-corrected chi connectivity index (χ3v) is 10.4. The van der Waals surface area contributed by atoms with Crippen LogP contribution >= 0.6 is 0 Å². The first-order valence-corrected chi connectivity index (χ1v) is 13.9. The number of nitrogens with one attached hydrogen (secondary N) is 1. The van der Waals surface area contributed by atoms with E-state index in [0.717, 1.165) is 6.42 Å². The van der Waals surface area contributed by atoms with Crippen molar-refractivity contribution in [2.45, 2.75) is 108 Å². The van der Waals surface area contributed by atoms with Crippen molar-refractivity contribution in [1.82, 2.24) is 10.3 Å². The number of hydrogen-bond acceptors (Lipinski definition) is 3. The summed E-state index contributed by atoms with van der Waals surface area (Å²) in [6.45, 7) is 9.46. The molecule has 184 valence electrons. The number of ether oxygens (including phenoxy) is 1. The third kappa shape index (κ3) is 3.20. The Balaban J connectivity index is 1.24. The Hall–Kier alpha value is -1.97. The molecule has 1 unspecified atom stereocenters. The summed E-state index contributed by atoms with van der Waals surface area (Å²) in [5, 5.41) is 6.46. The first kappa shape index (κ1) is 22.2. The van der Waals surface area contributed by atoms with Crippen LogP contribution in [0.4, 0.5) is 0 Å². The van der Waals surface area contributed by atoms with Gasteiger partial charge < -0.3 is 10.1 Å². The Kier molecular flexibility index (Phi) is 4.64. The molecule has 3 fully saturated rings. The lowest BCUT2D eigenvalue weighted by Crippen LogP contribution is -2.56. The van der Waals surface area contributed by atoms with E-state index in [1.54, 1.807) is 5.57 Å². The summed E-state index contributed by atoms with van der Waals surface area (Å²) in [5.41, 5.74) is 4.88. The van der Waals surface area contributed by atoms with Gasteiger partial charge in [0.05, 0.1) is 11.2 Å². The molecule has 7 rings (SSSR count). The second-order valence-electron chi connectivity index (χ2n) is 13.5. The normalized spacial score (nSPS) is 40.1. The molecule has 1 saturated heterocycles. The van der Waals surface area contributed by atoms with E-state index in [1.165, 1.54) is 66.9 Å². The molecule has 0 radical (unpaired) electrons. The highest BCUT2D eigenvalue weighted by molar-refractivity contribution is 5.82. The smallest absolute Gasteiger partial charge is 0.0974 e. The lowest BCUT2D eigenvalue weighted by molar-refractivity contribution is -0.136. The molecule has 1 N–H and O–H groups in total. The number of fused-ring (bicyclic) bond motifs is 2. The molecule has 1 aromatic carbocycles. The average Bonchev–Trinajstić information content (AvgIpc) is 3.33. The van der Waals surface area contributed by atoms with Crippen molar-refractivity contribution in [2.75, 3.05) is 0 Å². The van der Waals surface area contributed by atoms with Gasteiger partial charge in [-0.25, -0.2) is 0 Å². The van der Waals surface area contributed by atoms with Gasteiger partial charge in [0.1, 0.15) is 0 Å². The van der Waals surface area contributed by atoms with Crippen LogP contribution in [-0.2, 0) is 4.74 Å². The summed E-state index contributed by atoms with van der Waals surface area (Å²) in [6.07, 6.45) is 18.7. The summed E-state index contributed by atoms with van der Waals surface area (Å²) in [6, 6.07) is 9.77. The zero-order valence-corrected chi connectivity index (χ0v) is 21.9. The van der Waals surface area contributed by atoms with E-state index in [2.05, 4.69) is 74.4 Å². The molecule has 3 heterocycles. The van der Waals surface area contributed by atoms with Gasteiger partial charge in [-0.15, -0.1) is 0 Å². The maximum absolute atomic E-state index is 7.47. The van der Waals surface area contributed by atoms with Gasteiger partial charge in [-0.3, -0.25) is 4.98 Å². The maximum Gasteiger partial charge on any atom is 0.0974 e. The van der Waals surface area contributed by atoms with Crippen LogP contribution in [0.25, 0.3) is 10.8 Å². The lowest BCUT2D eigenvalue weighted by atomic mass is 9.58. The van der Waals surface area contributed by atoms with Gasteiger partial charge >= 0.3 is 0 Å². The Labute approximate surface area is 210 Å². The fourth-order valence-corrected chi connectivity index (χ4v) is 9.01. The zero-order valence-electron chi connectivity index (χ0n) is 21.9. The molecule has 3 heteroatoms. The molecule has 6 atom stereocenters. The Bertz CT molecular complexity index is 1250. The largest absolute Gasteiger partial charge is 0.359 e. The van der Waals surface area contributed by atoms with Crippen molar-refractivity contribution >= 4 is 10.8 Å². The van der Waals surface area contributed by atoms with Crippen LogP contribution in [0.5, 0.6) is 0 Å². The standard InChI is InChI=1S/C32H40N2O/c1-29(2,3)34-26-8-7-24-18-25-11-13-30(4)27(22-6-5-21-12-16-33-20-23(21)17-22)9-10-28(30)32(25)15-14-31(24,19-26)35-32/h5-6,11-12,16-18,20,26-28,34H,7-10,13-15,19H2,1-4H3/t26-,27+,28+,30+,31+,32?/m0/s1. The second-order valence-corrected chi connectivity index (χ2v) is 13.5. The number of pyridine rings is 1. The molecule has 1 aromatic heterocycles. The van der Waals surface area contributed by atoms with Crippen molar-refractivity contribution in [2.24, 2.45) is 11.3 Å². The van der Waals surface area contributed by atoms with Gasteiger partial charge in [0.2, 0.25) is 0 Å². The van der Waals surface area contributed by atoms with Crippen molar-refractivity contribution in [1.29, 1.82) is 0 Å². The number of allylic oxidation sites excluding steroid dienone is 1. The second kappa shape index (κ2) is 7.29. The summed E-state index contributed by atoms with van der Waals surface area (Å²) < 4.78 is 7.47. The van der Waals surface area contributed by atoms with Crippen molar-refractivity contribution in [3.63, 3.8) is 0 Å². The first-order valence-electron chi connectivity index (χ1n) is 13.9. The lowest BCUT2D eigenvalue weighted by Gasteiger charge is -2.54. The monoisotopic (exact) mass is 468 g/mol. The van der Waals surface area contributed by atoms with Crippen LogP contribution in [0.2, 0.25) is 0 Å². The zero-order chi connectivity index (χ0) is 24.1. The number of rotatable bonds is 2. The van der Waals surface area contributed by atoms with Gasteiger partial charge in [0.25, 0.3) is 0 Å². The van der Waals surface area contributed by atoms with Gasteiger partial charge in [-0.2, -0.15) is 0 Å². The Morgan fingerprint density at radius 1 is 1.06 bits per heavy atom. The number of hydrogen-bond donors (Lipinski definition) is 1. The minimum absolute atomic E-state index is 0.0382. The molecule has 0 amide bonds. The van der Waals surface area contributed by atoms with Crippen LogP contribution in [0.1, 0.15) is 90.5 Å². The van der Waals surface area contributed by atoms with E-state index < -0.39 is 0 Å². The summed E-state index contributed by atoms with van der Waals surface area (Å²) in [4.78, 5) is 4.39. The summed E-state index contributed by atoms with van der Waals surface area (Å²) >= 11 is 0. The molecule has 5 aliphatic rings. The fourth-order valence-electron chi connectivity index (χ4n) is 9.01. The highest BCUT2D eigenvalue weighted by atomic mass is 16.5. The summed E-state index contributed by atoms with van der Waals surface area (Å²) in [5.74, 6) is 1.18. The molecule has 2 saturated carbocycles. The molecule has 3 aliphatic carbocycles. The highest BCUT2D eigenvalue weighted by Gasteiger charge is 2.66. The topological polar surface area (TPSA) is 34.2 Å². The molecule has 35 heavy (non-hydrogen) atoms. The Morgan fingerprint density at radius 2 is 1.94 bits per heavy atom. The Morgan fingerprint density at radius 3 is 2.80 bits per heavy atom. The van der Waals surface area contributed by atoms with E-state index in [0.29, 0.717) is 17.9 Å². The number of benzene rings is 1. The minimum Gasteiger partial charge on any atom is -0.359 e. The maximum atomic E-state index is 7.47. The molecule has 2 aliphatic heterocycles. The summed E-state index contributed by atoms with van der Waals surface area (Å²) in [7, 11) is 0. The molecular formula is C32H40N2O. The highest BCUT2D eigenvalue weighted by Crippen LogP contribution is 2.69. The quantitative estimate of drug-likeness (QED) is 0.505. The SMILES string of the molecule is CC(C)(C)N[C@H]1CCC2=CC3=CC[C@]4(C)[C@@H](c5ccc6ccncc6c5)CC[C@H]4C34CC[C@]2(C1)O4. The molecular weight excluding hydrogens is 428 g/mol. The third-order valence-electron chi connectivity index (χ3n) is 10.4. The average molecular weight is 469 g/mol. The van der Waals surface area contributed by atoms with Crippen LogP contribution in [0.15, 0.2) is 60.0 Å². The van der Waals surface area contributed by atoms with Crippen molar-refractivity contribution < 1.29 is 4.74 Å². The van der Waals surface area contributed by atoms with Crippen LogP contribution in [0, 0.1) is 11.3 Å². The predicted octanol–water partition coefficient (Wildman–Crippen LogP) is 7.23. The van der Waals surface area contributed by atoms with Crippen LogP contribution < -0.4 is 5.32 Å². The molecule has 2 bridgehead atoms. The van der Waals surface area contributed by atoms with Gasteiger partial charge in [0, 0.05) is 29.4 Å². The minimum atomic E-state index is -0.0761. The van der Waals surface area contributed by atoms with Gasteiger partial charge in [0.15, 0.2) is 0 Å². The number of aromatic nitrogens is 1.